The van der Waals surface area contributed by atoms with Crippen molar-refractivity contribution >= 4 is 17.1 Å². The summed E-state index contributed by atoms with van der Waals surface area (Å²) in [5.41, 5.74) is 8.01. The minimum absolute atomic E-state index is 0.0115. The number of halogens is 2. The van der Waals surface area contributed by atoms with Crippen molar-refractivity contribution in [3.05, 3.63) is 76.7 Å². The van der Waals surface area contributed by atoms with Crippen LogP contribution in [0, 0.1) is 13.8 Å². The van der Waals surface area contributed by atoms with Crippen molar-refractivity contribution in [1.82, 2.24) is 20.2 Å². The Morgan fingerprint density at radius 3 is 2.39 bits per heavy atom. The quantitative estimate of drug-likeness (QED) is 0.186. The number of benzene rings is 3. The van der Waals surface area contributed by atoms with Crippen molar-refractivity contribution in [3.63, 3.8) is 0 Å². The van der Waals surface area contributed by atoms with E-state index in [1.807, 2.05) is 36.1 Å². The molecule has 238 valence electrons. The summed E-state index contributed by atoms with van der Waals surface area (Å²) in [4.78, 5) is 23.8. The monoisotopic (exact) mass is 628 g/mol. The van der Waals surface area contributed by atoms with E-state index in [4.69, 9.17) is 28.3 Å². The molecule has 1 saturated heterocycles. The number of alkyl halides is 2. The molecule has 0 amide bonds. The van der Waals surface area contributed by atoms with E-state index in [-0.39, 0.29) is 18.3 Å². The van der Waals surface area contributed by atoms with E-state index >= 15 is 0 Å². The molecule has 1 atom stereocenters. The highest BCUT2D eigenvalue weighted by atomic mass is 19.3. The maximum absolute atomic E-state index is 13.5. The highest BCUT2D eigenvalue weighted by molar-refractivity contribution is 5.84. The number of aromatic nitrogens is 2. The Morgan fingerprint density at radius 2 is 1.72 bits per heavy atom. The molecule has 1 N–H and O–H groups in total. The number of hydrogen-bond donors (Lipinski definition) is 1. The zero-order valence-corrected chi connectivity index (χ0v) is 25.9. The molecule has 1 fully saturated rings. The molecule has 0 unspecified atom stereocenters. The Hall–Kier alpha value is -4.61. The van der Waals surface area contributed by atoms with Gasteiger partial charge in [-0.25, -0.2) is 9.97 Å². The Bertz CT molecular complexity index is 1910. The van der Waals surface area contributed by atoms with Gasteiger partial charge in [-0.1, -0.05) is 24.3 Å². The van der Waals surface area contributed by atoms with Gasteiger partial charge in [-0.15, -0.1) is 0 Å². The van der Waals surface area contributed by atoms with Gasteiger partial charge in [0, 0.05) is 48.8 Å². The summed E-state index contributed by atoms with van der Waals surface area (Å²) in [5, 5.41) is 3.34. The lowest BCUT2D eigenvalue weighted by Crippen LogP contribution is -2.36. The van der Waals surface area contributed by atoms with Gasteiger partial charge in [-0.3, -0.25) is 9.69 Å². The SMILES string of the molecule is COC(=O)[C@@H]1CCCN1Cc1cc2nc(-c3cccc(-c4cccc(-c5nc6c(o5)CCNC6)c4C)c3C)oc2cc1OC(F)F. The number of likely N-dealkylation sites (tertiary alicyclic amines) is 1. The fourth-order valence-corrected chi connectivity index (χ4v) is 6.64. The molecule has 2 aliphatic heterocycles. The lowest BCUT2D eigenvalue weighted by Gasteiger charge is -2.23. The number of methoxy groups -OCH3 is 1. The predicted molar refractivity (Wildman–Crippen MR) is 167 cm³/mol. The molecule has 7 rings (SSSR count). The van der Waals surface area contributed by atoms with E-state index in [2.05, 4.69) is 24.4 Å². The van der Waals surface area contributed by atoms with Crippen molar-refractivity contribution < 1.29 is 31.9 Å². The van der Waals surface area contributed by atoms with Crippen LogP contribution in [0.5, 0.6) is 5.75 Å². The second-order valence-corrected chi connectivity index (χ2v) is 11.7. The molecule has 9 nitrogen and oxygen atoms in total. The van der Waals surface area contributed by atoms with Crippen molar-refractivity contribution in [1.29, 1.82) is 0 Å². The molecule has 4 heterocycles. The highest BCUT2D eigenvalue weighted by Gasteiger charge is 2.32. The van der Waals surface area contributed by atoms with Crippen LogP contribution in [-0.2, 0) is 29.0 Å². The zero-order valence-electron chi connectivity index (χ0n) is 25.9. The van der Waals surface area contributed by atoms with E-state index in [1.165, 1.54) is 13.2 Å². The number of oxazole rings is 2. The average molecular weight is 629 g/mol. The first-order chi connectivity index (χ1) is 22.3. The second-order valence-electron chi connectivity index (χ2n) is 11.7. The van der Waals surface area contributed by atoms with Gasteiger partial charge in [0.1, 0.15) is 23.1 Å². The van der Waals surface area contributed by atoms with Crippen molar-refractivity contribution in [2.24, 2.45) is 0 Å². The molecular weight excluding hydrogens is 594 g/mol. The summed E-state index contributed by atoms with van der Waals surface area (Å²) >= 11 is 0. The largest absolute Gasteiger partial charge is 0.468 e. The molecule has 2 aliphatic rings. The van der Waals surface area contributed by atoms with Crippen LogP contribution in [0.15, 0.2) is 57.4 Å². The standard InChI is InChI=1S/C35H34F2N4O5/c1-19-22(23-8-5-10-25(20(23)2)33-40-27-17-38-13-12-29(27)44-33)7-4-9-24(19)32-39-26-15-21(30(46-35(36)37)16-31(26)45-32)18-41-14-6-11-28(41)34(42)43-3/h4-5,7-10,15-16,28,35,38H,6,11-14,17-18H2,1-3H3/t28-/m0/s1. The summed E-state index contributed by atoms with van der Waals surface area (Å²) in [6, 6.07) is 14.7. The Balaban J connectivity index is 1.24. The van der Waals surface area contributed by atoms with Gasteiger partial charge < -0.3 is 23.6 Å². The van der Waals surface area contributed by atoms with Crippen molar-refractivity contribution in [2.75, 3.05) is 20.2 Å². The molecule has 3 aromatic carbocycles. The number of ether oxygens (including phenoxy) is 2. The van der Waals surface area contributed by atoms with Crippen LogP contribution in [-0.4, -0.2) is 53.7 Å². The maximum atomic E-state index is 13.5. The number of carbonyl (C=O) groups excluding carboxylic acids is 1. The third kappa shape index (κ3) is 5.54. The van der Waals surface area contributed by atoms with Gasteiger partial charge in [-0.05, 0) is 73.7 Å². The molecule has 0 aliphatic carbocycles. The van der Waals surface area contributed by atoms with Gasteiger partial charge in [0.05, 0.1) is 12.8 Å². The third-order valence-corrected chi connectivity index (χ3v) is 9.02. The molecule has 46 heavy (non-hydrogen) atoms. The van der Waals surface area contributed by atoms with E-state index in [1.54, 1.807) is 6.07 Å². The summed E-state index contributed by atoms with van der Waals surface area (Å²) in [7, 11) is 1.35. The predicted octanol–water partition coefficient (Wildman–Crippen LogP) is 6.82. The van der Waals surface area contributed by atoms with Gasteiger partial charge in [0.2, 0.25) is 11.8 Å². The number of rotatable bonds is 8. The van der Waals surface area contributed by atoms with Crippen LogP contribution in [0.2, 0.25) is 0 Å². The minimum Gasteiger partial charge on any atom is -0.468 e. The number of hydrogen-bond acceptors (Lipinski definition) is 9. The van der Waals surface area contributed by atoms with Crippen molar-refractivity contribution in [2.45, 2.75) is 58.9 Å². The van der Waals surface area contributed by atoms with Gasteiger partial charge in [0.25, 0.3) is 0 Å². The molecule has 0 bridgehead atoms. The van der Waals surface area contributed by atoms with Crippen LogP contribution < -0.4 is 10.1 Å². The van der Waals surface area contributed by atoms with Crippen LogP contribution in [0.1, 0.15) is 41.0 Å². The Labute approximate surface area is 264 Å². The zero-order chi connectivity index (χ0) is 31.9. The van der Waals surface area contributed by atoms with Gasteiger partial charge >= 0.3 is 12.6 Å². The maximum Gasteiger partial charge on any atom is 0.387 e. The first-order valence-corrected chi connectivity index (χ1v) is 15.4. The van der Waals surface area contributed by atoms with E-state index in [9.17, 15) is 13.6 Å². The highest BCUT2D eigenvalue weighted by Crippen LogP contribution is 2.39. The summed E-state index contributed by atoms with van der Waals surface area (Å²) < 4.78 is 49.1. The van der Waals surface area contributed by atoms with E-state index < -0.39 is 12.7 Å². The summed E-state index contributed by atoms with van der Waals surface area (Å²) in [6.07, 6.45) is 2.26. The van der Waals surface area contributed by atoms with Gasteiger partial charge in [0.15, 0.2) is 5.58 Å². The summed E-state index contributed by atoms with van der Waals surface area (Å²) in [5.74, 6) is 1.56. The Morgan fingerprint density at radius 1 is 1.02 bits per heavy atom. The molecule has 0 spiro atoms. The number of nitrogens with one attached hydrogen (secondary N) is 1. The number of esters is 1. The smallest absolute Gasteiger partial charge is 0.387 e. The number of nitrogens with zero attached hydrogens (tertiary/aromatic N) is 3. The number of carbonyl (C=O) groups is 1. The molecule has 5 aromatic rings. The second kappa shape index (κ2) is 12.3. The topological polar surface area (TPSA) is 103 Å². The fourth-order valence-electron chi connectivity index (χ4n) is 6.64. The third-order valence-electron chi connectivity index (χ3n) is 9.02. The Kier molecular flexibility index (Phi) is 8.04. The first-order valence-electron chi connectivity index (χ1n) is 15.4. The minimum atomic E-state index is -3.02. The van der Waals surface area contributed by atoms with Crippen LogP contribution in [0.4, 0.5) is 8.78 Å². The van der Waals surface area contributed by atoms with Gasteiger partial charge in [-0.2, -0.15) is 8.78 Å². The average Bonchev–Trinajstić information content (AvgIpc) is 3.79. The lowest BCUT2D eigenvalue weighted by molar-refractivity contribution is -0.146. The van der Waals surface area contributed by atoms with Crippen molar-refractivity contribution in [3.8, 4) is 39.8 Å². The molecular formula is C35H34F2N4O5. The van der Waals surface area contributed by atoms with E-state index in [0.29, 0.717) is 48.0 Å². The van der Waals surface area contributed by atoms with E-state index in [0.717, 1.165) is 64.2 Å². The fraction of sp³-hybridized carbons (Fsp3) is 0.343. The molecule has 0 saturated carbocycles. The normalized spacial score (nSPS) is 16.7. The summed E-state index contributed by atoms with van der Waals surface area (Å²) in [6.45, 7) is 3.50. The first kappa shape index (κ1) is 30.1. The van der Waals surface area contributed by atoms with Crippen LogP contribution in [0.3, 0.4) is 0 Å². The molecule has 0 radical (unpaired) electrons. The number of fused-ring (bicyclic) bond motifs is 2. The molecule has 11 heteroatoms. The lowest BCUT2D eigenvalue weighted by atomic mass is 9.91. The van der Waals surface area contributed by atoms with Crippen LogP contribution in [0.25, 0.3) is 45.1 Å². The van der Waals surface area contributed by atoms with Crippen LogP contribution >= 0.6 is 0 Å². The molecule has 2 aromatic heterocycles.